The van der Waals surface area contributed by atoms with Crippen LogP contribution in [0.5, 0.6) is 0 Å². The zero-order chi connectivity index (χ0) is 14.4. The molecule has 0 aliphatic rings. The van der Waals surface area contributed by atoms with E-state index >= 15 is 0 Å². The number of aromatic nitrogens is 1. The Morgan fingerprint density at radius 1 is 1.00 bits per heavy atom. The Bertz CT molecular complexity index is 971. The number of hydrogen-bond donors (Lipinski definition) is 0. The van der Waals surface area contributed by atoms with Crippen molar-refractivity contribution >= 4 is 44.7 Å². The largest absolute Gasteiger partial charge is 0.453 e. The van der Waals surface area contributed by atoms with Crippen LogP contribution in [-0.2, 0) is 0 Å². The second kappa shape index (κ2) is 4.84. The van der Waals surface area contributed by atoms with Crippen LogP contribution >= 0.6 is 22.6 Å². The first-order valence-corrected chi connectivity index (χ1v) is 7.85. The number of benzene rings is 2. The van der Waals surface area contributed by atoms with Crippen molar-refractivity contribution in [2.45, 2.75) is 6.92 Å². The summed E-state index contributed by atoms with van der Waals surface area (Å²) in [6.45, 7) is 2.10. The minimum atomic E-state index is 0.869. The molecule has 0 bridgehead atoms. The van der Waals surface area contributed by atoms with Gasteiger partial charge in [0.1, 0.15) is 11.1 Å². The van der Waals surface area contributed by atoms with E-state index in [2.05, 4.69) is 77.0 Å². The highest BCUT2D eigenvalue weighted by atomic mass is 127. The molecule has 0 saturated carbocycles. The van der Waals surface area contributed by atoms with Crippen molar-refractivity contribution in [2.24, 2.45) is 0 Å². The van der Waals surface area contributed by atoms with Crippen molar-refractivity contribution in [1.29, 1.82) is 0 Å². The Labute approximate surface area is 135 Å². The van der Waals surface area contributed by atoms with Crippen LogP contribution in [0.4, 0.5) is 0 Å². The standard InChI is InChI=1S/C18H12INO/c1-11-4-2-5-12(10-11)13-6-3-7-14-16-18(21-17(13)14)15(19)8-9-20-16/h2-10H,1H3. The third kappa shape index (κ3) is 2.03. The molecule has 2 nitrogen and oxygen atoms in total. The van der Waals surface area contributed by atoms with Gasteiger partial charge in [-0.25, -0.2) is 0 Å². The fourth-order valence-electron chi connectivity index (χ4n) is 2.69. The van der Waals surface area contributed by atoms with E-state index in [9.17, 15) is 0 Å². The lowest BCUT2D eigenvalue weighted by Gasteiger charge is -2.03. The molecule has 21 heavy (non-hydrogen) atoms. The van der Waals surface area contributed by atoms with Crippen LogP contribution in [0, 0.1) is 10.5 Å². The number of halogens is 1. The molecule has 2 heterocycles. The van der Waals surface area contributed by atoms with Gasteiger partial charge >= 0.3 is 0 Å². The molecular formula is C18H12INO. The maximum atomic E-state index is 6.14. The molecular weight excluding hydrogens is 373 g/mol. The molecule has 3 heteroatoms. The van der Waals surface area contributed by atoms with Gasteiger partial charge in [-0.15, -0.1) is 0 Å². The summed E-state index contributed by atoms with van der Waals surface area (Å²) in [5, 5.41) is 1.07. The summed E-state index contributed by atoms with van der Waals surface area (Å²) in [6.07, 6.45) is 1.83. The second-order valence-corrected chi connectivity index (χ2v) is 6.29. The van der Waals surface area contributed by atoms with Crippen molar-refractivity contribution in [3.8, 4) is 11.1 Å². The van der Waals surface area contributed by atoms with Crippen LogP contribution in [0.3, 0.4) is 0 Å². The summed E-state index contributed by atoms with van der Waals surface area (Å²) in [5.41, 5.74) is 6.25. The number of rotatable bonds is 1. The van der Waals surface area contributed by atoms with Crippen molar-refractivity contribution < 1.29 is 4.42 Å². The summed E-state index contributed by atoms with van der Waals surface area (Å²) < 4.78 is 7.23. The molecule has 2 aromatic heterocycles. The van der Waals surface area contributed by atoms with E-state index in [-0.39, 0.29) is 0 Å². The molecule has 0 atom stereocenters. The highest BCUT2D eigenvalue weighted by Gasteiger charge is 2.14. The van der Waals surface area contributed by atoms with Gasteiger partial charge in [0.25, 0.3) is 0 Å². The summed E-state index contributed by atoms with van der Waals surface area (Å²) in [7, 11) is 0. The van der Waals surface area contributed by atoms with Crippen LogP contribution in [0.15, 0.2) is 59.1 Å². The van der Waals surface area contributed by atoms with Crippen molar-refractivity contribution in [1.82, 2.24) is 4.98 Å². The van der Waals surface area contributed by atoms with E-state index in [0.29, 0.717) is 0 Å². The number of pyridine rings is 1. The third-order valence-electron chi connectivity index (χ3n) is 3.66. The number of fused-ring (bicyclic) bond motifs is 3. The maximum Gasteiger partial charge on any atom is 0.167 e. The fourth-order valence-corrected chi connectivity index (χ4v) is 3.22. The van der Waals surface area contributed by atoms with Crippen LogP contribution in [0.25, 0.3) is 33.2 Å². The molecule has 0 N–H and O–H groups in total. The zero-order valence-corrected chi connectivity index (χ0v) is 13.6. The smallest absolute Gasteiger partial charge is 0.167 e. The Morgan fingerprint density at radius 2 is 1.86 bits per heavy atom. The molecule has 0 amide bonds. The fraction of sp³-hybridized carbons (Fsp3) is 0.0556. The first kappa shape index (κ1) is 12.8. The molecule has 0 saturated heterocycles. The molecule has 2 aromatic carbocycles. The molecule has 0 spiro atoms. The number of hydrogen-bond acceptors (Lipinski definition) is 2. The van der Waals surface area contributed by atoms with E-state index in [1.807, 2.05) is 12.3 Å². The quantitative estimate of drug-likeness (QED) is 0.401. The third-order valence-corrected chi connectivity index (χ3v) is 4.51. The Balaban J connectivity index is 2.11. The zero-order valence-electron chi connectivity index (χ0n) is 11.4. The molecule has 4 aromatic rings. The number of nitrogens with zero attached hydrogens (tertiary/aromatic N) is 1. The maximum absolute atomic E-state index is 6.14. The molecule has 102 valence electrons. The van der Waals surface area contributed by atoms with E-state index in [0.717, 1.165) is 31.2 Å². The van der Waals surface area contributed by atoms with Crippen LogP contribution in [-0.4, -0.2) is 4.98 Å². The highest BCUT2D eigenvalue weighted by Crippen LogP contribution is 2.36. The second-order valence-electron chi connectivity index (χ2n) is 5.12. The highest BCUT2D eigenvalue weighted by molar-refractivity contribution is 14.1. The van der Waals surface area contributed by atoms with Gasteiger partial charge in [0.15, 0.2) is 5.58 Å². The lowest BCUT2D eigenvalue weighted by atomic mass is 10.0. The first-order valence-electron chi connectivity index (χ1n) is 6.77. The Morgan fingerprint density at radius 3 is 2.71 bits per heavy atom. The van der Waals surface area contributed by atoms with Crippen LogP contribution in [0.2, 0.25) is 0 Å². The van der Waals surface area contributed by atoms with Crippen molar-refractivity contribution in [2.75, 3.05) is 0 Å². The topological polar surface area (TPSA) is 26.0 Å². The number of aryl methyl sites for hydroxylation is 1. The lowest BCUT2D eigenvalue weighted by Crippen LogP contribution is -1.80. The minimum absolute atomic E-state index is 0.869. The van der Waals surface area contributed by atoms with Crippen molar-refractivity contribution in [3.63, 3.8) is 0 Å². The van der Waals surface area contributed by atoms with Gasteiger partial charge in [-0.2, -0.15) is 0 Å². The summed E-state index contributed by atoms with van der Waals surface area (Å²) >= 11 is 2.29. The van der Waals surface area contributed by atoms with Crippen LogP contribution in [0.1, 0.15) is 5.56 Å². The van der Waals surface area contributed by atoms with E-state index in [4.69, 9.17) is 4.42 Å². The predicted molar refractivity (Wildman–Crippen MR) is 94.4 cm³/mol. The van der Waals surface area contributed by atoms with Gasteiger partial charge in [0, 0.05) is 17.1 Å². The molecule has 0 unspecified atom stereocenters. The lowest BCUT2D eigenvalue weighted by molar-refractivity contribution is 0.666. The molecule has 0 fully saturated rings. The average molecular weight is 385 g/mol. The molecule has 0 radical (unpaired) electrons. The van der Waals surface area contributed by atoms with E-state index in [1.165, 1.54) is 11.1 Å². The molecule has 4 rings (SSSR count). The summed E-state index contributed by atoms with van der Waals surface area (Å²) in [6, 6.07) is 16.7. The van der Waals surface area contributed by atoms with E-state index < -0.39 is 0 Å². The van der Waals surface area contributed by atoms with Gasteiger partial charge in [-0.05, 0) is 47.2 Å². The molecule has 0 aliphatic heterocycles. The van der Waals surface area contributed by atoms with E-state index in [1.54, 1.807) is 0 Å². The van der Waals surface area contributed by atoms with Gasteiger partial charge in [-0.3, -0.25) is 4.98 Å². The van der Waals surface area contributed by atoms with Crippen molar-refractivity contribution in [3.05, 3.63) is 63.9 Å². The van der Waals surface area contributed by atoms with Gasteiger partial charge in [0.2, 0.25) is 0 Å². The van der Waals surface area contributed by atoms with Gasteiger partial charge in [0.05, 0.1) is 3.57 Å². The predicted octanol–water partition coefficient (Wildman–Crippen LogP) is 5.56. The van der Waals surface area contributed by atoms with Gasteiger partial charge in [-0.1, -0.05) is 42.0 Å². The minimum Gasteiger partial charge on any atom is -0.453 e. The SMILES string of the molecule is Cc1cccc(-c2cccc3c2oc2c(I)ccnc23)c1. The average Bonchev–Trinajstić information content (AvgIpc) is 2.87. The molecule has 0 aliphatic carbocycles. The first-order chi connectivity index (χ1) is 10.2. The Kier molecular flexibility index (Phi) is 2.96. The summed E-state index contributed by atoms with van der Waals surface area (Å²) in [5.74, 6) is 0. The Hall–Kier alpha value is -1.88. The number of furan rings is 1. The van der Waals surface area contributed by atoms with Crippen LogP contribution < -0.4 is 0 Å². The monoisotopic (exact) mass is 385 g/mol. The van der Waals surface area contributed by atoms with Gasteiger partial charge < -0.3 is 4.42 Å². The summed E-state index contributed by atoms with van der Waals surface area (Å²) in [4.78, 5) is 4.48. The normalized spacial score (nSPS) is 11.3. The number of para-hydroxylation sites is 1.